The molecule has 1 saturated heterocycles. The Hall–Kier alpha value is -2.95. The lowest BCUT2D eigenvalue weighted by atomic mass is 9.72. The zero-order valence-electron chi connectivity index (χ0n) is 17.7. The van der Waals surface area contributed by atoms with Crippen molar-refractivity contribution in [3.63, 3.8) is 0 Å². The van der Waals surface area contributed by atoms with Crippen molar-refractivity contribution >= 4 is 17.1 Å². The van der Waals surface area contributed by atoms with Gasteiger partial charge in [-0.05, 0) is 32.8 Å². The highest BCUT2D eigenvalue weighted by molar-refractivity contribution is 5.74. The zero-order chi connectivity index (χ0) is 22.5. The Morgan fingerprint density at radius 3 is 2.62 bits per heavy atom. The molecule has 1 saturated carbocycles. The van der Waals surface area contributed by atoms with Gasteiger partial charge < -0.3 is 9.64 Å². The van der Waals surface area contributed by atoms with Crippen molar-refractivity contribution in [2.45, 2.75) is 44.9 Å². The van der Waals surface area contributed by atoms with E-state index in [1.54, 1.807) is 19.3 Å². The number of halogens is 3. The van der Waals surface area contributed by atoms with Gasteiger partial charge in [-0.3, -0.25) is 0 Å². The van der Waals surface area contributed by atoms with Crippen molar-refractivity contribution in [2.24, 2.45) is 5.92 Å². The van der Waals surface area contributed by atoms with Gasteiger partial charge in [0.1, 0.15) is 11.6 Å². The van der Waals surface area contributed by atoms with Gasteiger partial charge >= 0.3 is 6.18 Å². The molecule has 3 aromatic rings. The molecule has 2 fully saturated rings. The molecule has 1 aliphatic carbocycles. The maximum absolute atomic E-state index is 13.1. The first-order chi connectivity index (χ1) is 15.3. The van der Waals surface area contributed by atoms with E-state index in [4.69, 9.17) is 9.72 Å². The topological polar surface area (TPSA) is 89.8 Å². The third-order valence-corrected chi connectivity index (χ3v) is 6.05. The van der Waals surface area contributed by atoms with Crippen molar-refractivity contribution < 1.29 is 17.9 Å². The molecule has 168 valence electrons. The van der Waals surface area contributed by atoms with E-state index >= 15 is 0 Å². The lowest BCUT2D eigenvalue weighted by Gasteiger charge is -2.37. The SMILES string of the molecule is Cc1cc([C@@H]2CN(c3nc(C4CC(C(F)(F)F)C4)c4ncc(C)nc4n3)CCO2)cnn1. The maximum atomic E-state index is 13.1. The van der Waals surface area contributed by atoms with E-state index in [0.29, 0.717) is 48.2 Å². The summed E-state index contributed by atoms with van der Waals surface area (Å²) >= 11 is 0. The molecule has 0 unspecified atom stereocenters. The molecule has 0 N–H and O–H groups in total. The summed E-state index contributed by atoms with van der Waals surface area (Å²) in [6.45, 7) is 5.19. The van der Waals surface area contributed by atoms with Gasteiger partial charge in [-0.1, -0.05) is 0 Å². The molecule has 0 aromatic carbocycles. The first kappa shape index (κ1) is 20.9. The van der Waals surface area contributed by atoms with Crippen LogP contribution in [-0.2, 0) is 4.74 Å². The molecular formula is C21H22F3N7O. The number of morpholine rings is 1. The Labute approximate surface area is 182 Å². The van der Waals surface area contributed by atoms with Gasteiger partial charge in [0, 0.05) is 24.2 Å². The van der Waals surface area contributed by atoms with Crippen LogP contribution >= 0.6 is 0 Å². The summed E-state index contributed by atoms with van der Waals surface area (Å²) in [5.74, 6) is -1.17. The Balaban J connectivity index is 1.47. The molecule has 1 atom stereocenters. The fourth-order valence-electron chi connectivity index (χ4n) is 4.24. The Morgan fingerprint density at radius 2 is 1.88 bits per heavy atom. The van der Waals surface area contributed by atoms with Crippen LogP contribution in [0.3, 0.4) is 0 Å². The second-order valence-corrected chi connectivity index (χ2v) is 8.44. The van der Waals surface area contributed by atoms with Gasteiger partial charge in [-0.2, -0.15) is 28.4 Å². The van der Waals surface area contributed by atoms with E-state index in [1.165, 1.54) is 0 Å². The van der Waals surface area contributed by atoms with Crippen LogP contribution < -0.4 is 4.90 Å². The minimum absolute atomic E-state index is 0.0122. The van der Waals surface area contributed by atoms with Crippen LogP contribution in [0.5, 0.6) is 0 Å². The number of fused-ring (bicyclic) bond motifs is 1. The first-order valence-electron chi connectivity index (χ1n) is 10.5. The number of anilines is 1. The van der Waals surface area contributed by atoms with E-state index in [-0.39, 0.29) is 24.9 Å². The highest BCUT2D eigenvalue weighted by Gasteiger charge is 2.49. The second-order valence-electron chi connectivity index (χ2n) is 8.44. The molecule has 2 aliphatic rings. The number of nitrogens with zero attached hydrogens (tertiary/aromatic N) is 7. The number of aryl methyl sites for hydroxylation is 2. The number of hydrogen-bond donors (Lipinski definition) is 0. The summed E-state index contributed by atoms with van der Waals surface area (Å²) in [7, 11) is 0. The van der Waals surface area contributed by atoms with Gasteiger partial charge in [0.2, 0.25) is 5.95 Å². The quantitative estimate of drug-likeness (QED) is 0.606. The van der Waals surface area contributed by atoms with Crippen molar-refractivity contribution in [3.8, 4) is 0 Å². The van der Waals surface area contributed by atoms with Crippen LogP contribution in [-0.4, -0.2) is 56.0 Å². The van der Waals surface area contributed by atoms with Gasteiger partial charge in [-0.25, -0.2) is 15.0 Å². The average molecular weight is 445 g/mol. The van der Waals surface area contributed by atoms with E-state index in [1.807, 2.05) is 17.9 Å². The smallest absolute Gasteiger partial charge is 0.370 e. The minimum Gasteiger partial charge on any atom is -0.370 e. The molecule has 0 bridgehead atoms. The third kappa shape index (κ3) is 3.96. The van der Waals surface area contributed by atoms with Crippen LogP contribution in [0.2, 0.25) is 0 Å². The number of ether oxygens (including phenoxy) is 1. The van der Waals surface area contributed by atoms with Crippen molar-refractivity contribution in [1.29, 1.82) is 0 Å². The summed E-state index contributed by atoms with van der Waals surface area (Å²) in [5.41, 5.74) is 3.82. The van der Waals surface area contributed by atoms with E-state index in [9.17, 15) is 13.2 Å². The molecular weight excluding hydrogens is 423 g/mol. The predicted octanol–water partition coefficient (Wildman–Crippen LogP) is 3.46. The van der Waals surface area contributed by atoms with Crippen LogP contribution in [0, 0.1) is 19.8 Å². The fraction of sp³-hybridized carbons (Fsp3) is 0.524. The number of aromatic nitrogens is 6. The van der Waals surface area contributed by atoms with Crippen LogP contribution in [0.1, 0.15) is 47.5 Å². The second kappa shape index (κ2) is 7.88. The lowest BCUT2D eigenvalue weighted by Crippen LogP contribution is -2.40. The Bertz CT molecular complexity index is 1150. The summed E-state index contributed by atoms with van der Waals surface area (Å²) < 4.78 is 45.1. The molecule has 0 spiro atoms. The molecule has 3 aromatic heterocycles. The number of alkyl halides is 3. The van der Waals surface area contributed by atoms with Crippen LogP contribution in [0.4, 0.5) is 19.1 Å². The predicted molar refractivity (Wildman–Crippen MR) is 109 cm³/mol. The molecule has 0 amide bonds. The fourth-order valence-corrected chi connectivity index (χ4v) is 4.24. The molecule has 8 nitrogen and oxygen atoms in total. The van der Waals surface area contributed by atoms with Crippen molar-refractivity contribution in [1.82, 2.24) is 30.1 Å². The van der Waals surface area contributed by atoms with E-state index in [2.05, 4.69) is 25.1 Å². The zero-order valence-corrected chi connectivity index (χ0v) is 17.7. The first-order valence-corrected chi connectivity index (χ1v) is 10.5. The van der Waals surface area contributed by atoms with Crippen LogP contribution in [0.25, 0.3) is 11.2 Å². The molecule has 4 heterocycles. The molecule has 32 heavy (non-hydrogen) atoms. The maximum Gasteiger partial charge on any atom is 0.391 e. The third-order valence-electron chi connectivity index (χ3n) is 6.05. The van der Waals surface area contributed by atoms with E-state index < -0.39 is 12.1 Å². The summed E-state index contributed by atoms with van der Waals surface area (Å²) in [6, 6.07) is 1.92. The summed E-state index contributed by atoms with van der Waals surface area (Å²) in [4.78, 5) is 20.2. The summed E-state index contributed by atoms with van der Waals surface area (Å²) in [5, 5.41) is 7.99. The van der Waals surface area contributed by atoms with Gasteiger partial charge in [0.15, 0.2) is 5.65 Å². The largest absolute Gasteiger partial charge is 0.391 e. The van der Waals surface area contributed by atoms with Gasteiger partial charge in [-0.15, -0.1) is 0 Å². The number of rotatable bonds is 3. The standard InChI is InChI=1S/C21H22F3N7O/c1-11-5-14(9-26-30-11)16-10-31(3-4-32-16)20-28-17(13-6-15(7-13)21(22,23)24)18-19(29-20)27-12(2)8-25-18/h5,8-9,13,15-16H,3-4,6-7,10H2,1-2H3/t13?,15?,16-/m0/s1. The average Bonchev–Trinajstić information content (AvgIpc) is 2.71. The minimum atomic E-state index is -4.18. The lowest BCUT2D eigenvalue weighted by molar-refractivity contribution is -0.197. The Morgan fingerprint density at radius 1 is 1.06 bits per heavy atom. The Kier molecular flexibility index (Phi) is 5.15. The van der Waals surface area contributed by atoms with Crippen molar-refractivity contribution in [2.75, 3.05) is 24.6 Å². The molecule has 0 radical (unpaired) electrons. The van der Waals surface area contributed by atoms with E-state index in [0.717, 1.165) is 11.3 Å². The van der Waals surface area contributed by atoms with Crippen LogP contribution in [0.15, 0.2) is 18.5 Å². The highest BCUT2D eigenvalue weighted by atomic mass is 19.4. The number of hydrogen-bond acceptors (Lipinski definition) is 8. The monoisotopic (exact) mass is 445 g/mol. The normalized spacial score (nSPS) is 23.9. The molecule has 5 rings (SSSR count). The molecule has 11 heteroatoms. The highest BCUT2D eigenvalue weighted by Crippen LogP contribution is 2.50. The van der Waals surface area contributed by atoms with Gasteiger partial charge in [0.05, 0.1) is 42.3 Å². The molecule has 1 aliphatic heterocycles. The van der Waals surface area contributed by atoms with Gasteiger partial charge in [0.25, 0.3) is 0 Å². The van der Waals surface area contributed by atoms with Crippen molar-refractivity contribution in [3.05, 3.63) is 41.1 Å². The summed E-state index contributed by atoms with van der Waals surface area (Å²) in [6.07, 6.45) is -1.12.